The van der Waals surface area contributed by atoms with Crippen LogP contribution in [0.15, 0.2) is 0 Å². The van der Waals surface area contributed by atoms with E-state index >= 15 is 0 Å². The van der Waals surface area contributed by atoms with Crippen LogP contribution in [0.4, 0.5) is 4.79 Å². The molecule has 3 aliphatic rings. The van der Waals surface area contributed by atoms with Crippen molar-refractivity contribution < 1.29 is 19.4 Å². The Bertz CT molecular complexity index is 417. The molecule has 0 aromatic rings. The van der Waals surface area contributed by atoms with Crippen molar-refractivity contribution in [1.82, 2.24) is 5.32 Å². The molecule has 0 aromatic carbocycles. The minimum Gasteiger partial charge on any atom is -0.481 e. The highest BCUT2D eigenvalue weighted by molar-refractivity contribution is 5.70. The number of carboxylic acid groups (broad SMARTS) is 1. The molecule has 0 bridgehead atoms. The monoisotopic (exact) mass is 323 g/mol. The molecule has 2 N–H and O–H groups in total. The summed E-state index contributed by atoms with van der Waals surface area (Å²) in [6.45, 7) is 0.651. The highest BCUT2D eigenvalue weighted by Crippen LogP contribution is 2.57. The van der Waals surface area contributed by atoms with E-state index in [9.17, 15) is 9.59 Å². The van der Waals surface area contributed by atoms with E-state index in [1.54, 1.807) is 0 Å². The molecule has 0 heterocycles. The Hall–Kier alpha value is -1.26. The second kappa shape index (κ2) is 7.54. The lowest BCUT2D eigenvalue weighted by molar-refractivity contribution is -0.136. The molecule has 0 spiro atoms. The van der Waals surface area contributed by atoms with Gasteiger partial charge in [-0.2, -0.15) is 0 Å². The molecule has 5 heteroatoms. The topological polar surface area (TPSA) is 75.6 Å². The van der Waals surface area contributed by atoms with Gasteiger partial charge in [-0.25, -0.2) is 4.79 Å². The molecule has 0 aromatic heterocycles. The van der Waals surface area contributed by atoms with Crippen molar-refractivity contribution in [3.8, 4) is 0 Å². The van der Waals surface area contributed by atoms with Gasteiger partial charge in [-0.3, -0.25) is 4.79 Å². The van der Waals surface area contributed by atoms with Gasteiger partial charge in [-0.15, -0.1) is 0 Å². The summed E-state index contributed by atoms with van der Waals surface area (Å²) in [6, 6.07) is 0. The van der Waals surface area contributed by atoms with E-state index in [1.807, 2.05) is 0 Å². The first-order valence-electron chi connectivity index (χ1n) is 9.29. The van der Waals surface area contributed by atoms with Gasteiger partial charge in [0.1, 0.15) is 0 Å². The number of hydrogen-bond acceptors (Lipinski definition) is 3. The van der Waals surface area contributed by atoms with Gasteiger partial charge in [0.2, 0.25) is 0 Å². The fourth-order valence-corrected chi connectivity index (χ4v) is 5.56. The largest absolute Gasteiger partial charge is 0.481 e. The van der Waals surface area contributed by atoms with Crippen molar-refractivity contribution in [2.24, 2.45) is 29.6 Å². The third-order valence-electron chi connectivity index (χ3n) is 6.41. The number of carboxylic acids is 1. The molecule has 23 heavy (non-hydrogen) atoms. The molecular formula is C18H29NO4. The average Bonchev–Trinajstić information content (AvgIpc) is 2.87. The van der Waals surface area contributed by atoms with E-state index in [0.717, 1.165) is 23.7 Å². The maximum Gasteiger partial charge on any atom is 0.407 e. The molecule has 3 rings (SSSR count). The zero-order valence-corrected chi connectivity index (χ0v) is 13.8. The molecule has 0 saturated heterocycles. The second-order valence-electron chi connectivity index (χ2n) is 7.56. The van der Waals surface area contributed by atoms with Crippen molar-refractivity contribution in [1.29, 1.82) is 0 Å². The van der Waals surface area contributed by atoms with Crippen molar-refractivity contribution in [2.45, 2.75) is 57.8 Å². The average molecular weight is 323 g/mol. The van der Waals surface area contributed by atoms with Crippen LogP contribution in [0.25, 0.3) is 0 Å². The SMILES string of the molecule is O=C(O)CCNC(=O)OCC1C2CCCCC2C2CCCCC21. The van der Waals surface area contributed by atoms with Crippen LogP contribution in [-0.2, 0) is 9.53 Å². The summed E-state index contributed by atoms with van der Waals surface area (Å²) in [6.07, 6.45) is 10.2. The first-order chi connectivity index (χ1) is 11.2. The number of carbonyl (C=O) groups is 2. The Morgan fingerprint density at radius 3 is 1.96 bits per heavy atom. The van der Waals surface area contributed by atoms with Crippen LogP contribution in [0, 0.1) is 29.6 Å². The zero-order valence-electron chi connectivity index (χ0n) is 13.8. The molecule has 0 radical (unpaired) electrons. The summed E-state index contributed by atoms with van der Waals surface area (Å²) in [4.78, 5) is 22.2. The highest BCUT2D eigenvalue weighted by Gasteiger charge is 2.51. The Kier molecular flexibility index (Phi) is 5.44. The maximum absolute atomic E-state index is 11.8. The van der Waals surface area contributed by atoms with Crippen molar-refractivity contribution in [3.05, 3.63) is 0 Å². The van der Waals surface area contributed by atoms with Crippen LogP contribution in [-0.4, -0.2) is 30.3 Å². The van der Waals surface area contributed by atoms with Crippen LogP contribution in [0.5, 0.6) is 0 Å². The third kappa shape index (κ3) is 3.81. The van der Waals surface area contributed by atoms with E-state index in [4.69, 9.17) is 9.84 Å². The number of alkyl carbamates (subject to hydrolysis) is 1. The molecule has 5 nitrogen and oxygen atoms in total. The van der Waals surface area contributed by atoms with Crippen LogP contribution >= 0.6 is 0 Å². The summed E-state index contributed by atoms with van der Waals surface area (Å²) in [5, 5.41) is 11.1. The number of nitrogens with one attached hydrogen (secondary N) is 1. The van der Waals surface area contributed by atoms with Gasteiger partial charge in [-0.05, 0) is 55.3 Å². The lowest BCUT2D eigenvalue weighted by Gasteiger charge is -2.32. The van der Waals surface area contributed by atoms with Crippen LogP contribution in [0.2, 0.25) is 0 Å². The fraction of sp³-hybridized carbons (Fsp3) is 0.889. The molecule has 130 valence electrons. The van der Waals surface area contributed by atoms with Crippen molar-refractivity contribution >= 4 is 12.1 Å². The molecule has 1 amide bonds. The van der Waals surface area contributed by atoms with Gasteiger partial charge in [0.05, 0.1) is 13.0 Å². The van der Waals surface area contributed by atoms with Gasteiger partial charge in [-0.1, -0.05) is 25.7 Å². The quantitative estimate of drug-likeness (QED) is 0.813. The standard InChI is InChI=1S/C18H29NO4/c20-17(21)9-10-19-18(22)23-11-16-14-7-3-1-5-12(14)13-6-2-4-8-15(13)16/h12-16H,1-11H2,(H,19,22)(H,20,21). The van der Waals surface area contributed by atoms with E-state index < -0.39 is 12.1 Å². The molecule has 0 aliphatic heterocycles. The van der Waals surface area contributed by atoms with Gasteiger partial charge < -0.3 is 15.2 Å². The third-order valence-corrected chi connectivity index (χ3v) is 6.41. The number of fused-ring (bicyclic) bond motifs is 3. The number of amides is 1. The number of hydrogen-bond donors (Lipinski definition) is 2. The van der Waals surface area contributed by atoms with E-state index in [-0.39, 0.29) is 13.0 Å². The van der Waals surface area contributed by atoms with Crippen LogP contribution < -0.4 is 5.32 Å². The van der Waals surface area contributed by atoms with Crippen LogP contribution in [0.3, 0.4) is 0 Å². The van der Waals surface area contributed by atoms with E-state index in [0.29, 0.717) is 12.5 Å². The minimum absolute atomic E-state index is 0.0616. The smallest absolute Gasteiger partial charge is 0.407 e. The number of carbonyl (C=O) groups excluding carboxylic acids is 1. The summed E-state index contributed by atoms with van der Waals surface area (Å²) < 4.78 is 5.46. The summed E-state index contributed by atoms with van der Waals surface area (Å²) in [7, 11) is 0. The molecule has 3 fully saturated rings. The Balaban J connectivity index is 1.53. The maximum atomic E-state index is 11.8. The second-order valence-corrected chi connectivity index (χ2v) is 7.56. The first kappa shape index (κ1) is 16.6. The predicted molar refractivity (Wildman–Crippen MR) is 86.0 cm³/mol. The van der Waals surface area contributed by atoms with Gasteiger partial charge >= 0.3 is 12.1 Å². The Labute approximate surface area is 138 Å². The van der Waals surface area contributed by atoms with Crippen molar-refractivity contribution in [2.75, 3.05) is 13.2 Å². The molecular weight excluding hydrogens is 294 g/mol. The zero-order chi connectivity index (χ0) is 16.2. The van der Waals surface area contributed by atoms with Gasteiger partial charge in [0.15, 0.2) is 0 Å². The molecule has 3 saturated carbocycles. The lowest BCUT2D eigenvalue weighted by atomic mass is 9.73. The lowest BCUT2D eigenvalue weighted by Crippen LogP contribution is -2.31. The molecule has 4 unspecified atom stereocenters. The summed E-state index contributed by atoms with van der Waals surface area (Å²) >= 11 is 0. The fourth-order valence-electron chi connectivity index (χ4n) is 5.56. The van der Waals surface area contributed by atoms with Gasteiger partial charge in [0, 0.05) is 6.54 Å². The minimum atomic E-state index is -0.906. The summed E-state index contributed by atoms with van der Waals surface area (Å²) in [5.74, 6) is 2.81. The number of rotatable bonds is 5. The number of aliphatic carboxylic acids is 1. The predicted octanol–water partition coefficient (Wildman–Crippen LogP) is 3.43. The molecule has 3 aliphatic carbocycles. The van der Waals surface area contributed by atoms with E-state index in [1.165, 1.54) is 51.4 Å². The number of ether oxygens (including phenoxy) is 1. The van der Waals surface area contributed by atoms with Gasteiger partial charge in [0.25, 0.3) is 0 Å². The first-order valence-corrected chi connectivity index (χ1v) is 9.29. The van der Waals surface area contributed by atoms with Crippen LogP contribution in [0.1, 0.15) is 57.8 Å². The summed E-state index contributed by atoms with van der Waals surface area (Å²) in [5.41, 5.74) is 0. The molecule has 4 atom stereocenters. The Morgan fingerprint density at radius 1 is 0.913 bits per heavy atom. The Morgan fingerprint density at radius 2 is 1.43 bits per heavy atom. The van der Waals surface area contributed by atoms with Crippen molar-refractivity contribution in [3.63, 3.8) is 0 Å². The highest BCUT2D eigenvalue weighted by atomic mass is 16.5. The normalized spacial score (nSPS) is 35.9. The van der Waals surface area contributed by atoms with E-state index in [2.05, 4.69) is 5.32 Å².